The standard InChI is InChI=1S/C47H58N8O7/c1-8-40(57)53-16-14-31(25-53)44(59)52(7)41(28(3)4)43(58)50-38-19-29-17-32(20-34(56)18-29)30-12-13-39-35(21-30)36(42(54(39)9-2)33-23-48-27-49-24-33)22-47(5,6)26-62-46(61)37-11-10-15-55(51-37)45(38)60/h8,12-13,17-18,20-21,23-24,27-28,31,37-38,41,51,56H,1,9-11,14-16,19,22,25-26H2,2-7H3,(H,50,58)/t31-,37-,38-,41?/m0/s1. The highest BCUT2D eigenvalue weighted by molar-refractivity contribution is 5.96. The summed E-state index contributed by atoms with van der Waals surface area (Å²) in [7, 11) is 1.58. The molecular weight excluding hydrogens is 789 g/mol. The molecule has 7 rings (SSSR count). The Morgan fingerprint density at radius 2 is 1.82 bits per heavy atom. The van der Waals surface area contributed by atoms with E-state index in [1.165, 1.54) is 22.3 Å². The van der Waals surface area contributed by atoms with E-state index in [2.05, 4.69) is 64.8 Å². The van der Waals surface area contributed by atoms with Gasteiger partial charge in [0.25, 0.3) is 5.91 Å². The Kier molecular flexibility index (Phi) is 12.8. The lowest BCUT2D eigenvalue weighted by Gasteiger charge is -2.37. The van der Waals surface area contributed by atoms with Gasteiger partial charge in [-0.1, -0.05) is 46.4 Å². The molecule has 0 radical (unpaired) electrons. The van der Waals surface area contributed by atoms with E-state index in [9.17, 15) is 29.1 Å². The molecule has 0 saturated carbocycles. The highest BCUT2D eigenvalue weighted by Gasteiger charge is 2.40. The fourth-order valence-corrected chi connectivity index (χ4v) is 9.36. The molecule has 2 aromatic carbocycles. The monoisotopic (exact) mass is 846 g/mol. The minimum atomic E-state index is -1.16. The molecule has 4 aromatic rings. The normalized spacial score (nSPS) is 21.0. The van der Waals surface area contributed by atoms with E-state index in [0.29, 0.717) is 44.3 Å². The first-order valence-corrected chi connectivity index (χ1v) is 21.6. The number of likely N-dealkylation sites (N-methyl/N-ethyl adjacent to an activating group) is 1. The van der Waals surface area contributed by atoms with Crippen LogP contribution < -0.4 is 10.7 Å². The van der Waals surface area contributed by atoms with Crippen molar-refractivity contribution in [2.45, 2.75) is 91.4 Å². The second-order valence-corrected chi connectivity index (χ2v) is 18.0. The zero-order valence-corrected chi connectivity index (χ0v) is 36.5. The molecule has 0 aliphatic carbocycles. The molecule has 2 aromatic heterocycles. The summed E-state index contributed by atoms with van der Waals surface area (Å²) in [5.74, 6) is -2.84. The number of carbonyl (C=O) groups is 5. The Labute approximate surface area is 362 Å². The molecule has 3 N–H and O–H groups in total. The number of likely N-dealkylation sites (tertiary alicyclic amines) is 1. The van der Waals surface area contributed by atoms with Crippen molar-refractivity contribution in [3.05, 3.63) is 78.9 Å². The number of nitrogens with one attached hydrogen (secondary N) is 2. The number of fused-ring (bicyclic) bond motifs is 6. The van der Waals surface area contributed by atoms with Gasteiger partial charge in [0.05, 0.1) is 18.2 Å². The lowest BCUT2D eigenvalue weighted by Crippen LogP contribution is -2.62. The number of hydrogen-bond acceptors (Lipinski definition) is 10. The van der Waals surface area contributed by atoms with Gasteiger partial charge in [0.15, 0.2) is 0 Å². The highest BCUT2D eigenvalue weighted by Crippen LogP contribution is 2.40. The predicted molar refractivity (Wildman–Crippen MR) is 234 cm³/mol. The van der Waals surface area contributed by atoms with Crippen molar-refractivity contribution in [3.63, 3.8) is 0 Å². The molecule has 6 bridgehead atoms. The SMILES string of the molecule is C=CC(=O)N1CC[C@H](C(=O)N(C)C(C(=O)N[C@H]2Cc3cc(O)cc(c3)-c3ccc4c(c3)c(c(-c3cncnc3)n4CC)CC(C)(C)COC(=O)[C@@H]3CCCN(N3)C2=O)C(C)C)C1. The maximum absolute atomic E-state index is 14.6. The van der Waals surface area contributed by atoms with Crippen LogP contribution in [0, 0.1) is 17.3 Å². The van der Waals surface area contributed by atoms with Crippen LogP contribution in [0.5, 0.6) is 5.75 Å². The number of carbonyl (C=O) groups excluding carboxylic acids is 5. The van der Waals surface area contributed by atoms with Gasteiger partial charge in [0.1, 0.15) is 30.2 Å². The van der Waals surface area contributed by atoms with E-state index in [4.69, 9.17) is 4.74 Å². The van der Waals surface area contributed by atoms with Crippen molar-refractivity contribution >= 4 is 40.5 Å². The molecule has 328 valence electrons. The zero-order chi connectivity index (χ0) is 44.5. The van der Waals surface area contributed by atoms with Crippen LogP contribution in [0.1, 0.15) is 65.0 Å². The highest BCUT2D eigenvalue weighted by atomic mass is 16.5. The van der Waals surface area contributed by atoms with E-state index in [1.807, 2.05) is 26.0 Å². The van der Waals surface area contributed by atoms with Gasteiger partial charge in [-0.3, -0.25) is 29.0 Å². The number of aromatic nitrogens is 3. The molecule has 15 nitrogen and oxygen atoms in total. The number of cyclic esters (lactones) is 1. The first kappa shape index (κ1) is 44.0. The summed E-state index contributed by atoms with van der Waals surface area (Å²) in [4.78, 5) is 80.6. The minimum absolute atomic E-state index is 0.00492. The first-order valence-electron chi connectivity index (χ1n) is 21.6. The van der Waals surface area contributed by atoms with Crippen LogP contribution >= 0.6 is 0 Å². The van der Waals surface area contributed by atoms with Gasteiger partial charge in [-0.05, 0) is 91.1 Å². The topological polar surface area (TPSA) is 179 Å². The maximum atomic E-state index is 14.6. The Morgan fingerprint density at radius 1 is 1.06 bits per heavy atom. The largest absolute Gasteiger partial charge is 0.508 e. The number of ether oxygens (including phenoxy) is 1. The summed E-state index contributed by atoms with van der Waals surface area (Å²) < 4.78 is 8.28. The number of hydrazine groups is 1. The average Bonchev–Trinajstić information content (AvgIpc) is 3.87. The number of benzene rings is 2. The quantitative estimate of drug-likeness (QED) is 0.167. The first-order chi connectivity index (χ1) is 29.6. The molecule has 0 spiro atoms. The Hall–Kier alpha value is -6.09. The van der Waals surface area contributed by atoms with Crippen molar-refractivity contribution in [3.8, 4) is 28.1 Å². The maximum Gasteiger partial charge on any atom is 0.324 e. The van der Waals surface area contributed by atoms with Gasteiger partial charge >= 0.3 is 5.97 Å². The summed E-state index contributed by atoms with van der Waals surface area (Å²) in [6.45, 7) is 15.1. The summed E-state index contributed by atoms with van der Waals surface area (Å²) in [5.41, 5.74) is 8.62. The van der Waals surface area contributed by atoms with Crippen LogP contribution in [0.4, 0.5) is 0 Å². The lowest BCUT2D eigenvalue weighted by molar-refractivity contribution is -0.155. The second-order valence-electron chi connectivity index (χ2n) is 18.0. The molecular formula is C47H58N8O7. The van der Waals surface area contributed by atoms with Gasteiger partial charge in [-0.2, -0.15) is 0 Å². The molecule has 15 heteroatoms. The fraction of sp³-hybridized carbons (Fsp3) is 0.468. The van der Waals surface area contributed by atoms with Gasteiger partial charge in [-0.15, -0.1) is 0 Å². The Balaban J connectivity index is 1.28. The number of nitrogens with zero attached hydrogens (tertiary/aromatic N) is 6. The number of aryl methyl sites for hydroxylation is 1. The molecule has 4 atom stereocenters. The second kappa shape index (κ2) is 18.1. The minimum Gasteiger partial charge on any atom is -0.508 e. The molecule has 1 unspecified atom stereocenters. The number of amides is 4. The molecule has 3 aliphatic rings. The van der Waals surface area contributed by atoms with Crippen LogP contribution in [-0.2, 0) is 48.1 Å². The number of esters is 1. The van der Waals surface area contributed by atoms with E-state index in [-0.39, 0.29) is 49.6 Å². The third-order valence-electron chi connectivity index (χ3n) is 12.4. The Morgan fingerprint density at radius 3 is 2.53 bits per heavy atom. The molecule has 3 aliphatic heterocycles. The van der Waals surface area contributed by atoms with Gasteiger partial charge in [-0.25, -0.2) is 15.4 Å². The number of hydrogen-bond donors (Lipinski definition) is 3. The van der Waals surface area contributed by atoms with Crippen molar-refractivity contribution in [1.82, 2.24) is 40.1 Å². The van der Waals surface area contributed by atoms with Gasteiger partial charge < -0.3 is 29.5 Å². The van der Waals surface area contributed by atoms with Crippen LogP contribution in [0.3, 0.4) is 0 Å². The smallest absolute Gasteiger partial charge is 0.324 e. The van der Waals surface area contributed by atoms with E-state index < -0.39 is 47.2 Å². The molecule has 62 heavy (non-hydrogen) atoms. The lowest BCUT2D eigenvalue weighted by atomic mass is 9.84. The number of aromatic hydroxyl groups is 1. The molecule has 5 heterocycles. The number of phenolic OH excluding ortho intramolecular Hbond substituents is 1. The van der Waals surface area contributed by atoms with Crippen molar-refractivity contribution in [2.75, 3.05) is 33.3 Å². The van der Waals surface area contributed by atoms with Crippen molar-refractivity contribution in [1.29, 1.82) is 0 Å². The number of phenols is 1. The van der Waals surface area contributed by atoms with Gasteiger partial charge in [0.2, 0.25) is 17.7 Å². The van der Waals surface area contributed by atoms with Crippen LogP contribution in [0.2, 0.25) is 0 Å². The fourth-order valence-electron chi connectivity index (χ4n) is 9.36. The third-order valence-corrected chi connectivity index (χ3v) is 12.4. The van der Waals surface area contributed by atoms with Crippen LogP contribution in [-0.4, -0.2) is 115 Å². The zero-order valence-electron chi connectivity index (χ0n) is 36.5. The van der Waals surface area contributed by atoms with Crippen molar-refractivity contribution < 1.29 is 33.8 Å². The Bertz CT molecular complexity index is 2380. The molecule has 2 saturated heterocycles. The summed E-state index contributed by atoms with van der Waals surface area (Å²) in [6, 6.07) is 8.45. The predicted octanol–water partition coefficient (Wildman–Crippen LogP) is 4.66. The van der Waals surface area contributed by atoms with E-state index in [0.717, 1.165) is 38.9 Å². The van der Waals surface area contributed by atoms with Gasteiger partial charge in [0, 0.05) is 73.9 Å². The van der Waals surface area contributed by atoms with Crippen LogP contribution in [0.25, 0.3) is 33.3 Å². The molecule has 4 amide bonds. The third kappa shape index (κ3) is 9.08. The van der Waals surface area contributed by atoms with Crippen molar-refractivity contribution in [2.24, 2.45) is 17.3 Å². The summed E-state index contributed by atoms with van der Waals surface area (Å²) >= 11 is 0. The average molecular weight is 847 g/mol. The summed E-state index contributed by atoms with van der Waals surface area (Å²) in [6.07, 6.45) is 8.30. The number of rotatable bonds is 8. The summed E-state index contributed by atoms with van der Waals surface area (Å²) in [5, 5.41) is 16.6. The van der Waals surface area contributed by atoms with E-state index >= 15 is 0 Å². The van der Waals surface area contributed by atoms with E-state index in [1.54, 1.807) is 36.5 Å². The van der Waals surface area contributed by atoms with Crippen LogP contribution in [0.15, 0.2) is 67.8 Å². The molecule has 2 fully saturated rings.